The van der Waals surface area contributed by atoms with Gasteiger partial charge in [-0.25, -0.2) is 0 Å². The Bertz CT molecular complexity index is 1030. The Balaban J connectivity index is 2.08. The summed E-state index contributed by atoms with van der Waals surface area (Å²) in [6.07, 6.45) is 2.31. The highest BCUT2D eigenvalue weighted by atomic mass is 14.5. The first kappa shape index (κ1) is 15.6. The lowest BCUT2D eigenvalue weighted by Crippen LogP contribution is -2.44. The van der Waals surface area contributed by atoms with Crippen LogP contribution >= 0.6 is 0 Å². The van der Waals surface area contributed by atoms with Crippen LogP contribution in [0.2, 0.25) is 0 Å². The molecule has 3 aliphatic carbocycles. The van der Waals surface area contributed by atoms with Crippen molar-refractivity contribution in [2.24, 2.45) is 0 Å². The Hall–Kier alpha value is -2.60. The molecule has 6 rings (SSSR count). The summed E-state index contributed by atoms with van der Waals surface area (Å²) >= 11 is 0. The summed E-state index contributed by atoms with van der Waals surface area (Å²) in [5, 5.41) is 0. The van der Waals surface area contributed by atoms with E-state index in [0.717, 1.165) is 0 Å². The monoisotopic (exact) mass is 336 g/mol. The second-order valence-electron chi connectivity index (χ2n) is 7.82. The minimum atomic E-state index is -0.165. The third kappa shape index (κ3) is 1.61. The zero-order valence-electron chi connectivity index (χ0n) is 15.9. The minimum absolute atomic E-state index is 0.165. The first-order valence-corrected chi connectivity index (χ1v) is 9.55. The second-order valence-corrected chi connectivity index (χ2v) is 7.82. The lowest BCUT2D eigenvalue weighted by Gasteiger charge is -2.52. The third-order valence-corrected chi connectivity index (χ3v) is 6.71. The molecule has 128 valence electrons. The predicted molar refractivity (Wildman–Crippen MR) is 109 cm³/mol. The number of hydrogen-bond acceptors (Lipinski definition) is 0. The van der Waals surface area contributed by atoms with Crippen molar-refractivity contribution < 1.29 is 0 Å². The van der Waals surface area contributed by atoms with Crippen LogP contribution in [0.15, 0.2) is 72.3 Å². The van der Waals surface area contributed by atoms with Crippen molar-refractivity contribution in [2.45, 2.75) is 39.0 Å². The van der Waals surface area contributed by atoms with Crippen LogP contribution in [0, 0.1) is 13.8 Å². The molecule has 0 nitrogen and oxygen atoms in total. The molecule has 0 unspecified atom stereocenters. The first-order chi connectivity index (χ1) is 12.6. The van der Waals surface area contributed by atoms with Gasteiger partial charge in [-0.1, -0.05) is 72.3 Å². The summed E-state index contributed by atoms with van der Waals surface area (Å²) in [5.74, 6) is 0.351. The van der Waals surface area contributed by atoms with Crippen LogP contribution in [0.5, 0.6) is 0 Å². The maximum atomic E-state index is 2.36. The summed E-state index contributed by atoms with van der Waals surface area (Å²) in [6.45, 7) is 9.06. The van der Waals surface area contributed by atoms with Gasteiger partial charge in [-0.2, -0.15) is 0 Å². The summed E-state index contributed by atoms with van der Waals surface area (Å²) in [4.78, 5) is 0. The molecule has 0 radical (unpaired) electrons. The molecule has 0 aliphatic heterocycles. The number of benzene rings is 3. The van der Waals surface area contributed by atoms with Gasteiger partial charge in [-0.15, -0.1) is 0 Å². The van der Waals surface area contributed by atoms with Crippen molar-refractivity contribution in [1.82, 2.24) is 0 Å². The molecule has 0 heterocycles. The van der Waals surface area contributed by atoms with Crippen molar-refractivity contribution in [1.29, 1.82) is 0 Å². The molecule has 0 aromatic heterocycles. The Morgan fingerprint density at radius 1 is 0.808 bits per heavy atom. The number of allylic oxidation sites excluding steroid dienone is 2. The summed E-state index contributed by atoms with van der Waals surface area (Å²) in [5.41, 5.74) is 13.0. The largest absolute Gasteiger partial charge is 0.0872 e. The van der Waals surface area contributed by atoms with Crippen LogP contribution in [-0.2, 0) is 5.41 Å². The van der Waals surface area contributed by atoms with E-state index in [9.17, 15) is 0 Å². The van der Waals surface area contributed by atoms with Crippen molar-refractivity contribution in [3.63, 3.8) is 0 Å². The Labute approximate surface area is 156 Å². The van der Waals surface area contributed by atoms with Gasteiger partial charge in [0.25, 0.3) is 0 Å². The Morgan fingerprint density at radius 3 is 1.92 bits per heavy atom. The van der Waals surface area contributed by atoms with Crippen molar-refractivity contribution in [3.05, 3.63) is 117 Å². The number of rotatable bonds is 1. The molecular formula is C26H24. The fraction of sp³-hybridized carbons (Fsp3) is 0.231. The van der Waals surface area contributed by atoms with E-state index in [1.54, 1.807) is 0 Å². The molecule has 3 aromatic rings. The molecular weight excluding hydrogens is 312 g/mol. The lowest BCUT2D eigenvalue weighted by molar-refractivity contribution is 0.610. The Morgan fingerprint density at radius 2 is 1.35 bits per heavy atom. The summed E-state index contributed by atoms with van der Waals surface area (Å²) in [6, 6.07) is 22.8. The minimum Gasteiger partial charge on any atom is -0.0872 e. The van der Waals surface area contributed by atoms with Gasteiger partial charge in [-0.3, -0.25) is 0 Å². The second kappa shape index (κ2) is 5.20. The van der Waals surface area contributed by atoms with E-state index in [1.165, 1.54) is 50.1 Å². The average Bonchev–Trinajstić information content (AvgIpc) is 2.69. The average molecular weight is 336 g/mol. The zero-order chi connectivity index (χ0) is 18.1. The molecule has 0 heteroatoms. The molecule has 0 atom stereocenters. The summed E-state index contributed by atoms with van der Waals surface area (Å²) in [7, 11) is 0. The maximum Gasteiger partial charge on any atom is 0.0670 e. The standard InChI is InChI=1S/C26H24/c1-5-18(4)26-21-12-8-6-10-19(21)24(20-11-7-9-13-22(20)26)23-16(2)14-15-17(3)25(23)26/h5-15,24H,1-4H3/b18-5-. The van der Waals surface area contributed by atoms with Crippen molar-refractivity contribution >= 4 is 0 Å². The van der Waals surface area contributed by atoms with E-state index in [2.05, 4.69) is 94.4 Å². The van der Waals surface area contributed by atoms with Gasteiger partial charge in [0.1, 0.15) is 0 Å². The van der Waals surface area contributed by atoms with Crippen LogP contribution in [0.3, 0.4) is 0 Å². The molecule has 0 saturated carbocycles. The molecule has 3 aliphatic rings. The number of aryl methyl sites for hydroxylation is 2. The SMILES string of the molecule is C/C=C(/C)C12c3ccccc3C(c3ccccc31)c1c(C)ccc(C)c12. The predicted octanol–water partition coefficient (Wildman–Crippen LogP) is 6.41. The molecule has 0 spiro atoms. The van der Waals surface area contributed by atoms with E-state index >= 15 is 0 Å². The van der Waals surface area contributed by atoms with Crippen LogP contribution in [0.4, 0.5) is 0 Å². The van der Waals surface area contributed by atoms with E-state index in [0.29, 0.717) is 5.92 Å². The molecule has 0 saturated heterocycles. The van der Waals surface area contributed by atoms with E-state index in [1.807, 2.05) is 0 Å². The van der Waals surface area contributed by atoms with Crippen LogP contribution in [0.25, 0.3) is 0 Å². The van der Waals surface area contributed by atoms with E-state index in [-0.39, 0.29) is 5.41 Å². The van der Waals surface area contributed by atoms with Crippen LogP contribution in [0.1, 0.15) is 64.3 Å². The molecule has 0 amide bonds. The molecule has 0 fully saturated rings. The van der Waals surface area contributed by atoms with Crippen LogP contribution in [-0.4, -0.2) is 0 Å². The third-order valence-electron chi connectivity index (χ3n) is 6.71. The zero-order valence-corrected chi connectivity index (χ0v) is 15.9. The van der Waals surface area contributed by atoms with E-state index in [4.69, 9.17) is 0 Å². The van der Waals surface area contributed by atoms with E-state index < -0.39 is 0 Å². The van der Waals surface area contributed by atoms with Crippen molar-refractivity contribution in [2.75, 3.05) is 0 Å². The highest BCUT2D eigenvalue weighted by Crippen LogP contribution is 2.62. The highest BCUT2D eigenvalue weighted by molar-refractivity contribution is 5.77. The topological polar surface area (TPSA) is 0 Å². The highest BCUT2D eigenvalue weighted by Gasteiger charge is 2.53. The van der Waals surface area contributed by atoms with Gasteiger partial charge in [0, 0.05) is 5.92 Å². The van der Waals surface area contributed by atoms with Crippen molar-refractivity contribution in [3.8, 4) is 0 Å². The summed E-state index contributed by atoms with van der Waals surface area (Å²) < 4.78 is 0. The van der Waals surface area contributed by atoms with Gasteiger partial charge in [-0.05, 0) is 72.2 Å². The Kier molecular flexibility index (Phi) is 3.13. The first-order valence-electron chi connectivity index (χ1n) is 9.55. The van der Waals surface area contributed by atoms with Gasteiger partial charge in [0.2, 0.25) is 0 Å². The smallest absolute Gasteiger partial charge is 0.0670 e. The maximum absolute atomic E-state index is 2.36. The van der Waals surface area contributed by atoms with Crippen LogP contribution < -0.4 is 0 Å². The lowest BCUT2D eigenvalue weighted by atomic mass is 9.49. The fourth-order valence-electron chi connectivity index (χ4n) is 5.61. The van der Waals surface area contributed by atoms with Gasteiger partial charge >= 0.3 is 0 Å². The fourth-order valence-corrected chi connectivity index (χ4v) is 5.61. The quantitative estimate of drug-likeness (QED) is 0.450. The molecule has 2 bridgehead atoms. The molecule has 26 heavy (non-hydrogen) atoms. The number of hydrogen-bond donors (Lipinski definition) is 0. The van der Waals surface area contributed by atoms with Gasteiger partial charge in [0.15, 0.2) is 0 Å². The normalized spacial score (nSPS) is 22.6. The molecule has 0 N–H and O–H groups in total. The molecule has 3 aromatic carbocycles. The van der Waals surface area contributed by atoms with Gasteiger partial charge in [0.05, 0.1) is 5.41 Å². The van der Waals surface area contributed by atoms with Gasteiger partial charge < -0.3 is 0 Å².